The molecule has 28 heavy (non-hydrogen) atoms. The molecule has 2 saturated heterocycles. The zero-order valence-electron chi connectivity index (χ0n) is 16.8. The summed E-state index contributed by atoms with van der Waals surface area (Å²) in [6.07, 6.45) is 1.26. The summed E-state index contributed by atoms with van der Waals surface area (Å²) >= 11 is 0. The number of piperidine rings is 1. The van der Waals surface area contributed by atoms with Gasteiger partial charge >= 0.3 is 0 Å². The van der Waals surface area contributed by atoms with E-state index in [1.54, 1.807) is 0 Å². The Hall–Kier alpha value is -2.82. The lowest BCUT2D eigenvalue weighted by atomic mass is 9.84. The maximum Gasteiger partial charge on any atom is 0.253 e. The number of carbonyl (C=O) groups excluding carboxylic acids is 2. The molecule has 0 bridgehead atoms. The van der Waals surface area contributed by atoms with E-state index in [4.69, 9.17) is 0 Å². The molecule has 1 spiro atoms. The molecule has 0 aromatic heterocycles. The van der Waals surface area contributed by atoms with Crippen LogP contribution in [0.2, 0.25) is 0 Å². The molecule has 0 N–H and O–H groups in total. The minimum Gasteiger partial charge on any atom is -0.338 e. The van der Waals surface area contributed by atoms with E-state index >= 15 is 0 Å². The number of rotatable bonds is 2. The van der Waals surface area contributed by atoms with Crippen LogP contribution in [-0.4, -0.2) is 53.0 Å². The molecular formula is C23H27N3O2. The van der Waals surface area contributed by atoms with Gasteiger partial charge in [0.15, 0.2) is 0 Å². The van der Waals surface area contributed by atoms with Gasteiger partial charge in [-0.25, -0.2) is 0 Å². The molecule has 0 radical (unpaired) electrons. The number of amides is 2. The van der Waals surface area contributed by atoms with E-state index in [9.17, 15) is 9.59 Å². The summed E-state index contributed by atoms with van der Waals surface area (Å²) in [6.45, 7) is 5.34. The summed E-state index contributed by atoms with van der Waals surface area (Å²) in [5.41, 5.74) is 0.721. The van der Waals surface area contributed by atoms with E-state index in [1.807, 2.05) is 65.4 Å². The molecule has 0 unspecified atom stereocenters. The first-order valence-corrected chi connectivity index (χ1v) is 9.86. The Balaban J connectivity index is 1.64. The van der Waals surface area contributed by atoms with Gasteiger partial charge < -0.3 is 14.7 Å². The zero-order chi connectivity index (χ0) is 19.9. The Bertz CT molecular complexity index is 871. The lowest BCUT2D eigenvalue weighted by Gasteiger charge is -2.47. The van der Waals surface area contributed by atoms with Crippen LogP contribution in [0.15, 0.2) is 60.7 Å². The van der Waals surface area contributed by atoms with Crippen LogP contribution >= 0.6 is 0 Å². The molecule has 0 aliphatic carbocycles. The molecule has 2 amide bonds. The number of likely N-dealkylation sites (N-methyl/N-ethyl adjacent to an activating group) is 1. The molecule has 5 nitrogen and oxygen atoms in total. The van der Waals surface area contributed by atoms with Crippen molar-refractivity contribution >= 4 is 17.5 Å². The molecule has 4 rings (SSSR count). The van der Waals surface area contributed by atoms with Crippen LogP contribution in [0.4, 0.5) is 5.69 Å². The molecule has 2 aliphatic rings. The van der Waals surface area contributed by atoms with E-state index < -0.39 is 11.2 Å². The van der Waals surface area contributed by atoms with Crippen LogP contribution < -0.4 is 4.90 Å². The predicted octanol–water partition coefficient (Wildman–Crippen LogP) is 3.38. The number of hydrogen-bond acceptors (Lipinski definition) is 3. The van der Waals surface area contributed by atoms with Crippen molar-refractivity contribution in [2.45, 2.75) is 37.9 Å². The van der Waals surface area contributed by atoms with Gasteiger partial charge in [-0.05, 0) is 51.0 Å². The maximum absolute atomic E-state index is 13.4. The summed E-state index contributed by atoms with van der Waals surface area (Å²) in [6, 6.07) is 19.5. The number of benzene rings is 2. The molecule has 2 aromatic carbocycles. The molecule has 146 valence electrons. The van der Waals surface area contributed by atoms with Gasteiger partial charge in [-0.15, -0.1) is 0 Å². The Kier molecular flexibility index (Phi) is 4.41. The van der Waals surface area contributed by atoms with E-state index in [1.165, 1.54) is 0 Å². The van der Waals surface area contributed by atoms with Crippen LogP contribution in [0.3, 0.4) is 0 Å². The second-order valence-electron chi connectivity index (χ2n) is 8.22. The fraction of sp³-hybridized carbons (Fsp3) is 0.391. The molecule has 2 aromatic rings. The van der Waals surface area contributed by atoms with Crippen LogP contribution in [0, 0.1) is 0 Å². The number of likely N-dealkylation sites (tertiary alicyclic amines) is 1. The van der Waals surface area contributed by atoms with Gasteiger partial charge in [0.1, 0.15) is 11.2 Å². The van der Waals surface area contributed by atoms with Crippen LogP contribution in [-0.2, 0) is 4.79 Å². The Morgan fingerprint density at radius 1 is 0.893 bits per heavy atom. The first kappa shape index (κ1) is 18.5. The number of hydrogen-bond donors (Lipinski definition) is 0. The van der Waals surface area contributed by atoms with E-state index in [2.05, 4.69) is 30.9 Å². The Morgan fingerprint density at radius 3 is 2.00 bits per heavy atom. The summed E-state index contributed by atoms with van der Waals surface area (Å²) in [5.74, 6) is 0.188. The smallest absolute Gasteiger partial charge is 0.253 e. The fourth-order valence-corrected chi connectivity index (χ4v) is 4.75. The largest absolute Gasteiger partial charge is 0.338 e. The molecule has 2 heterocycles. The second-order valence-corrected chi connectivity index (χ2v) is 8.22. The molecular weight excluding hydrogens is 350 g/mol. The third-order valence-electron chi connectivity index (χ3n) is 6.41. The van der Waals surface area contributed by atoms with Crippen LogP contribution in [0.25, 0.3) is 0 Å². The average molecular weight is 377 g/mol. The topological polar surface area (TPSA) is 43.9 Å². The number of para-hydroxylation sites is 1. The van der Waals surface area contributed by atoms with Crippen LogP contribution in [0.5, 0.6) is 0 Å². The van der Waals surface area contributed by atoms with Crippen LogP contribution in [0.1, 0.15) is 37.0 Å². The van der Waals surface area contributed by atoms with Crippen molar-refractivity contribution in [1.82, 2.24) is 9.80 Å². The van der Waals surface area contributed by atoms with Crippen molar-refractivity contribution in [3.63, 3.8) is 0 Å². The van der Waals surface area contributed by atoms with E-state index in [0.29, 0.717) is 31.5 Å². The fourth-order valence-electron chi connectivity index (χ4n) is 4.75. The maximum atomic E-state index is 13.4. The molecule has 5 heteroatoms. The van der Waals surface area contributed by atoms with E-state index in [-0.39, 0.29) is 11.8 Å². The lowest BCUT2D eigenvalue weighted by Crippen LogP contribution is -2.60. The van der Waals surface area contributed by atoms with Crippen molar-refractivity contribution in [3.05, 3.63) is 66.2 Å². The summed E-state index contributed by atoms with van der Waals surface area (Å²) in [7, 11) is 1.88. The lowest BCUT2D eigenvalue weighted by molar-refractivity contribution is -0.134. The third kappa shape index (κ3) is 2.68. The Labute approximate surface area is 166 Å². The quantitative estimate of drug-likeness (QED) is 0.806. The van der Waals surface area contributed by atoms with Gasteiger partial charge in [-0.1, -0.05) is 36.4 Å². The highest BCUT2D eigenvalue weighted by atomic mass is 16.2. The number of carbonyl (C=O) groups is 2. The molecule has 0 saturated carbocycles. The third-order valence-corrected chi connectivity index (χ3v) is 6.41. The molecule has 0 atom stereocenters. The number of anilines is 1. The highest BCUT2D eigenvalue weighted by molar-refractivity contribution is 5.97. The van der Waals surface area contributed by atoms with Gasteiger partial charge in [-0.2, -0.15) is 0 Å². The first-order chi connectivity index (χ1) is 13.4. The SMILES string of the molecule is CN1C(=O)C2(CCN(C(=O)c3ccccc3)CC2)N(c2ccccc2)C1(C)C. The minimum absolute atomic E-state index is 0.0415. The summed E-state index contributed by atoms with van der Waals surface area (Å²) in [5, 5.41) is 0. The van der Waals surface area contributed by atoms with Gasteiger partial charge in [-0.3, -0.25) is 9.59 Å². The summed E-state index contributed by atoms with van der Waals surface area (Å²) < 4.78 is 0. The van der Waals surface area contributed by atoms with Gasteiger partial charge in [0.25, 0.3) is 5.91 Å². The highest BCUT2D eigenvalue weighted by Crippen LogP contribution is 2.46. The van der Waals surface area contributed by atoms with Crippen molar-refractivity contribution < 1.29 is 9.59 Å². The minimum atomic E-state index is -0.604. The van der Waals surface area contributed by atoms with Crippen molar-refractivity contribution in [1.29, 1.82) is 0 Å². The second kappa shape index (κ2) is 6.66. The van der Waals surface area contributed by atoms with E-state index in [0.717, 1.165) is 5.69 Å². The van der Waals surface area contributed by atoms with Gasteiger partial charge in [0.05, 0.1) is 0 Å². The monoisotopic (exact) mass is 377 g/mol. The molecule has 2 aliphatic heterocycles. The highest BCUT2D eigenvalue weighted by Gasteiger charge is 2.60. The molecule has 2 fully saturated rings. The Morgan fingerprint density at radius 2 is 1.43 bits per heavy atom. The average Bonchev–Trinajstić information content (AvgIpc) is 2.87. The standard InChI is InChI=1S/C23H27N3O2/c1-22(2)24(3)21(28)23(26(22)19-12-8-5-9-13-19)14-16-25(17-15-23)20(27)18-10-6-4-7-11-18/h4-13H,14-17H2,1-3H3. The predicted molar refractivity (Wildman–Crippen MR) is 110 cm³/mol. The summed E-state index contributed by atoms with van der Waals surface area (Å²) in [4.78, 5) is 32.3. The van der Waals surface area contributed by atoms with Crippen molar-refractivity contribution in [2.24, 2.45) is 0 Å². The first-order valence-electron chi connectivity index (χ1n) is 9.86. The zero-order valence-corrected chi connectivity index (χ0v) is 16.8. The van der Waals surface area contributed by atoms with Crippen molar-refractivity contribution in [3.8, 4) is 0 Å². The number of nitrogens with zero attached hydrogens (tertiary/aromatic N) is 3. The van der Waals surface area contributed by atoms with Gasteiger partial charge in [0, 0.05) is 31.4 Å². The normalized spacial score (nSPS) is 20.7. The van der Waals surface area contributed by atoms with Crippen molar-refractivity contribution in [2.75, 3.05) is 25.0 Å². The van der Waals surface area contributed by atoms with Gasteiger partial charge in [0.2, 0.25) is 5.91 Å².